The first-order valence-corrected chi connectivity index (χ1v) is 8.64. The number of hydrogen-bond donors (Lipinski definition) is 3. The molecule has 3 rings (SSSR count). The largest absolute Gasteiger partial charge is 0.479 e. The predicted molar refractivity (Wildman–Crippen MR) is 96.6 cm³/mol. The van der Waals surface area contributed by atoms with Gasteiger partial charge in [0.15, 0.2) is 11.8 Å². The molecule has 136 valence electrons. The molecule has 1 heterocycles. The Kier molecular flexibility index (Phi) is 4.68. The summed E-state index contributed by atoms with van der Waals surface area (Å²) in [7, 11) is 0. The fourth-order valence-electron chi connectivity index (χ4n) is 3.67. The van der Waals surface area contributed by atoms with Crippen molar-refractivity contribution in [1.29, 1.82) is 0 Å². The number of carboxylic acid groups (broad SMARTS) is 1. The van der Waals surface area contributed by atoms with E-state index < -0.39 is 17.9 Å². The molecule has 0 radical (unpaired) electrons. The molecule has 1 aliphatic rings. The van der Waals surface area contributed by atoms with Crippen LogP contribution in [0.15, 0.2) is 18.2 Å². The van der Waals surface area contributed by atoms with E-state index in [1.165, 1.54) is 0 Å². The summed E-state index contributed by atoms with van der Waals surface area (Å²) in [5.74, 6) is -1.62. The molecule has 1 aliphatic carbocycles. The van der Waals surface area contributed by atoms with Crippen molar-refractivity contribution in [3.05, 3.63) is 57.4 Å². The average molecular weight is 354 g/mol. The molecule has 0 aliphatic heterocycles. The van der Waals surface area contributed by atoms with Crippen LogP contribution in [-0.4, -0.2) is 27.8 Å². The van der Waals surface area contributed by atoms with Crippen LogP contribution in [0.4, 0.5) is 0 Å². The second-order valence-corrected chi connectivity index (χ2v) is 6.92. The second kappa shape index (κ2) is 6.78. The fourth-order valence-corrected chi connectivity index (χ4v) is 3.67. The van der Waals surface area contributed by atoms with Crippen LogP contribution in [0.3, 0.4) is 0 Å². The molecule has 1 aromatic heterocycles. The van der Waals surface area contributed by atoms with Crippen LogP contribution in [0, 0.1) is 20.8 Å². The van der Waals surface area contributed by atoms with E-state index in [0.29, 0.717) is 29.5 Å². The second-order valence-electron chi connectivity index (χ2n) is 6.92. The van der Waals surface area contributed by atoms with Crippen LogP contribution < -0.4 is 5.32 Å². The lowest BCUT2D eigenvalue weighted by Crippen LogP contribution is -2.34. The Hall–Kier alpha value is -2.89. The van der Waals surface area contributed by atoms with Crippen molar-refractivity contribution >= 4 is 17.7 Å². The number of benzene rings is 1. The smallest absolute Gasteiger partial charge is 0.330 e. The number of fused-ring (bicyclic) bond motifs is 1. The fraction of sp³-hybridized carbons (Fsp3) is 0.350. The van der Waals surface area contributed by atoms with Gasteiger partial charge in [0.1, 0.15) is 5.69 Å². The van der Waals surface area contributed by atoms with Crippen molar-refractivity contribution in [3.63, 3.8) is 0 Å². The number of aromatic nitrogens is 1. The quantitative estimate of drug-likeness (QED) is 0.786. The SMILES string of the molecule is Cc1cc(C)cc(C(NC(=O)c2[nH]c3c(c2C)C(=O)CCC3)C(=O)O)c1. The van der Waals surface area contributed by atoms with Crippen LogP contribution in [0.25, 0.3) is 0 Å². The number of nitrogens with one attached hydrogen (secondary N) is 2. The minimum absolute atomic E-state index is 0.0307. The molecule has 0 spiro atoms. The number of carbonyl (C=O) groups excluding carboxylic acids is 2. The Labute approximate surface area is 151 Å². The van der Waals surface area contributed by atoms with Crippen molar-refractivity contribution in [2.24, 2.45) is 0 Å². The molecule has 1 atom stereocenters. The normalized spacial score (nSPS) is 14.7. The topological polar surface area (TPSA) is 99.3 Å². The molecule has 0 bridgehead atoms. The van der Waals surface area contributed by atoms with E-state index >= 15 is 0 Å². The Balaban J connectivity index is 1.92. The van der Waals surface area contributed by atoms with Gasteiger partial charge >= 0.3 is 5.97 Å². The third-order valence-electron chi connectivity index (χ3n) is 4.76. The number of ketones is 1. The molecule has 0 fully saturated rings. The molecule has 26 heavy (non-hydrogen) atoms. The van der Waals surface area contributed by atoms with Gasteiger partial charge in [0.2, 0.25) is 0 Å². The summed E-state index contributed by atoms with van der Waals surface area (Å²) in [5, 5.41) is 12.2. The number of Topliss-reactive ketones (excluding diaryl/α,β-unsaturated/α-hetero) is 1. The highest BCUT2D eigenvalue weighted by Gasteiger charge is 2.29. The summed E-state index contributed by atoms with van der Waals surface area (Å²) in [4.78, 5) is 39.6. The van der Waals surface area contributed by atoms with Gasteiger partial charge in [0.25, 0.3) is 5.91 Å². The molecule has 1 unspecified atom stereocenters. The Morgan fingerprint density at radius 2 is 1.77 bits per heavy atom. The third kappa shape index (κ3) is 3.27. The number of carboxylic acids is 1. The van der Waals surface area contributed by atoms with Crippen molar-refractivity contribution < 1.29 is 19.5 Å². The lowest BCUT2D eigenvalue weighted by atomic mass is 9.93. The molecule has 1 aromatic carbocycles. The Morgan fingerprint density at radius 3 is 2.35 bits per heavy atom. The first-order valence-electron chi connectivity index (χ1n) is 8.64. The minimum Gasteiger partial charge on any atom is -0.479 e. The van der Waals surface area contributed by atoms with E-state index in [1.54, 1.807) is 19.1 Å². The molecule has 6 nitrogen and oxygen atoms in total. The van der Waals surface area contributed by atoms with Gasteiger partial charge in [-0.15, -0.1) is 0 Å². The summed E-state index contributed by atoms with van der Waals surface area (Å²) >= 11 is 0. The van der Waals surface area contributed by atoms with Crippen molar-refractivity contribution in [1.82, 2.24) is 10.3 Å². The van der Waals surface area contributed by atoms with Gasteiger partial charge in [-0.2, -0.15) is 0 Å². The highest BCUT2D eigenvalue weighted by atomic mass is 16.4. The number of amides is 1. The van der Waals surface area contributed by atoms with Crippen LogP contribution in [0.5, 0.6) is 0 Å². The highest BCUT2D eigenvalue weighted by Crippen LogP contribution is 2.27. The molecule has 2 aromatic rings. The van der Waals surface area contributed by atoms with Gasteiger partial charge in [0, 0.05) is 17.7 Å². The first kappa shape index (κ1) is 17.9. The maximum atomic E-state index is 12.7. The number of aryl methyl sites for hydroxylation is 3. The molecular formula is C20H22N2O4. The minimum atomic E-state index is -1.16. The van der Waals surface area contributed by atoms with E-state index in [-0.39, 0.29) is 11.5 Å². The van der Waals surface area contributed by atoms with Gasteiger partial charge in [-0.1, -0.05) is 29.3 Å². The van der Waals surface area contributed by atoms with E-state index in [1.807, 2.05) is 19.9 Å². The van der Waals surface area contributed by atoms with E-state index in [0.717, 1.165) is 23.2 Å². The summed E-state index contributed by atoms with van der Waals surface area (Å²) in [6.07, 6.45) is 1.95. The lowest BCUT2D eigenvalue weighted by Gasteiger charge is -2.16. The zero-order valence-corrected chi connectivity index (χ0v) is 15.1. The zero-order valence-electron chi connectivity index (χ0n) is 15.1. The maximum Gasteiger partial charge on any atom is 0.330 e. The number of hydrogen-bond acceptors (Lipinski definition) is 3. The van der Waals surface area contributed by atoms with Crippen molar-refractivity contribution in [2.45, 2.75) is 46.1 Å². The number of rotatable bonds is 4. The Morgan fingerprint density at radius 1 is 1.12 bits per heavy atom. The molecule has 6 heteroatoms. The van der Waals surface area contributed by atoms with Gasteiger partial charge in [0.05, 0.1) is 0 Å². The van der Waals surface area contributed by atoms with E-state index in [2.05, 4.69) is 10.3 Å². The monoisotopic (exact) mass is 354 g/mol. The molecule has 1 amide bonds. The Bertz CT molecular complexity index is 891. The molecule has 3 N–H and O–H groups in total. The van der Waals surface area contributed by atoms with Crippen LogP contribution in [0.2, 0.25) is 0 Å². The van der Waals surface area contributed by atoms with E-state index in [9.17, 15) is 19.5 Å². The molecule has 0 saturated carbocycles. The van der Waals surface area contributed by atoms with Gasteiger partial charge in [-0.3, -0.25) is 9.59 Å². The van der Waals surface area contributed by atoms with Gasteiger partial charge < -0.3 is 15.4 Å². The third-order valence-corrected chi connectivity index (χ3v) is 4.76. The van der Waals surface area contributed by atoms with E-state index in [4.69, 9.17) is 0 Å². The lowest BCUT2D eigenvalue weighted by molar-refractivity contribution is -0.139. The van der Waals surface area contributed by atoms with Crippen LogP contribution in [0.1, 0.15) is 67.7 Å². The number of H-pyrrole nitrogens is 1. The summed E-state index contributed by atoms with van der Waals surface area (Å²) in [5.41, 5.74) is 4.58. The summed E-state index contributed by atoms with van der Waals surface area (Å²) in [6, 6.07) is 4.29. The number of carbonyl (C=O) groups is 3. The first-order chi connectivity index (χ1) is 12.3. The van der Waals surface area contributed by atoms with Crippen molar-refractivity contribution in [2.75, 3.05) is 0 Å². The maximum absolute atomic E-state index is 12.7. The summed E-state index contributed by atoms with van der Waals surface area (Å²) < 4.78 is 0. The molecule has 0 saturated heterocycles. The van der Waals surface area contributed by atoms with Gasteiger partial charge in [-0.05, 0) is 44.7 Å². The van der Waals surface area contributed by atoms with Crippen LogP contribution >= 0.6 is 0 Å². The van der Waals surface area contributed by atoms with Crippen LogP contribution in [-0.2, 0) is 11.2 Å². The standard InChI is InChI=1S/C20H22N2O4/c1-10-7-11(2)9-13(8-10)18(20(25)26)22-19(24)17-12(3)16-14(21-17)5-4-6-15(16)23/h7-9,18,21H,4-6H2,1-3H3,(H,22,24)(H,25,26). The average Bonchev–Trinajstić information content (AvgIpc) is 2.89. The summed E-state index contributed by atoms with van der Waals surface area (Å²) in [6.45, 7) is 5.48. The number of aliphatic carboxylic acids is 1. The predicted octanol–water partition coefficient (Wildman–Crippen LogP) is 3.01. The highest BCUT2D eigenvalue weighted by molar-refractivity contribution is 6.04. The zero-order chi connectivity index (χ0) is 19.0. The van der Waals surface area contributed by atoms with Crippen molar-refractivity contribution in [3.8, 4) is 0 Å². The number of aromatic amines is 1. The van der Waals surface area contributed by atoms with Gasteiger partial charge in [-0.25, -0.2) is 4.79 Å². The molecular weight excluding hydrogens is 332 g/mol.